The van der Waals surface area contributed by atoms with Crippen molar-refractivity contribution in [3.63, 3.8) is 0 Å². The predicted molar refractivity (Wildman–Crippen MR) is 114 cm³/mol. The zero-order valence-corrected chi connectivity index (χ0v) is 17.1. The van der Waals surface area contributed by atoms with Crippen molar-refractivity contribution in [1.82, 2.24) is 14.9 Å². The van der Waals surface area contributed by atoms with E-state index in [2.05, 4.69) is 10.3 Å². The van der Waals surface area contributed by atoms with Gasteiger partial charge in [0.2, 0.25) is 5.91 Å². The van der Waals surface area contributed by atoms with E-state index in [0.29, 0.717) is 5.39 Å². The van der Waals surface area contributed by atoms with Crippen molar-refractivity contribution < 1.29 is 4.79 Å². The molecule has 28 heavy (non-hydrogen) atoms. The number of aryl methyl sites for hydroxylation is 2. The molecule has 0 aliphatic rings. The van der Waals surface area contributed by atoms with Crippen molar-refractivity contribution in [1.29, 1.82) is 0 Å². The topological polar surface area (TPSA) is 64.0 Å². The minimum atomic E-state index is -0.244. The second kappa shape index (κ2) is 7.69. The van der Waals surface area contributed by atoms with E-state index in [-0.39, 0.29) is 24.1 Å². The van der Waals surface area contributed by atoms with Crippen molar-refractivity contribution in [3.8, 4) is 0 Å². The summed E-state index contributed by atoms with van der Waals surface area (Å²) in [6, 6.07) is 13.5. The van der Waals surface area contributed by atoms with E-state index in [1.807, 2.05) is 61.7 Å². The van der Waals surface area contributed by atoms with E-state index < -0.39 is 0 Å². The van der Waals surface area contributed by atoms with Crippen LogP contribution in [0.3, 0.4) is 0 Å². The second-order valence-corrected chi connectivity index (χ2v) is 8.75. The number of nitrogens with zero attached hydrogens (tertiary/aromatic N) is 2. The molecule has 1 amide bonds. The highest BCUT2D eigenvalue weighted by molar-refractivity contribution is 7.18. The van der Waals surface area contributed by atoms with Crippen molar-refractivity contribution in [2.45, 2.75) is 26.4 Å². The van der Waals surface area contributed by atoms with Gasteiger partial charge in [0.1, 0.15) is 11.4 Å². The maximum absolute atomic E-state index is 12.8. The highest BCUT2D eigenvalue weighted by atomic mass is 32.1. The summed E-state index contributed by atoms with van der Waals surface area (Å²) >= 11 is 3.09. The lowest BCUT2D eigenvalue weighted by atomic mass is 10.1. The van der Waals surface area contributed by atoms with Gasteiger partial charge in [-0.15, -0.1) is 22.7 Å². The summed E-state index contributed by atoms with van der Waals surface area (Å²) in [4.78, 5) is 32.8. The van der Waals surface area contributed by atoms with E-state index in [1.54, 1.807) is 11.3 Å². The average molecular weight is 410 g/mol. The lowest BCUT2D eigenvalue weighted by molar-refractivity contribution is -0.122. The smallest absolute Gasteiger partial charge is 0.262 e. The van der Waals surface area contributed by atoms with Gasteiger partial charge in [-0.05, 0) is 36.4 Å². The molecule has 142 valence electrons. The van der Waals surface area contributed by atoms with Crippen LogP contribution in [0, 0.1) is 13.8 Å². The van der Waals surface area contributed by atoms with Crippen molar-refractivity contribution in [2.24, 2.45) is 0 Å². The number of amides is 1. The van der Waals surface area contributed by atoms with E-state index in [9.17, 15) is 9.59 Å². The Kier molecular flexibility index (Phi) is 5.11. The Balaban J connectivity index is 1.61. The number of thiophene rings is 2. The summed E-state index contributed by atoms with van der Waals surface area (Å²) in [5.41, 5.74) is 1.77. The molecule has 0 saturated carbocycles. The van der Waals surface area contributed by atoms with E-state index in [4.69, 9.17) is 0 Å². The van der Waals surface area contributed by atoms with Gasteiger partial charge in [-0.25, -0.2) is 4.98 Å². The van der Waals surface area contributed by atoms with Crippen LogP contribution in [0.4, 0.5) is 0 Å². The number of carbonyl (C=O) groups is 1. The summed E-state index contributed by atoms with van der Waals surface area (Å²) < 4.78 is 1.38. The second-order valence-electron chi connectivity index (χ2n) is 6.57. The Morgan fingerprint density at radius 1 is 1.18 bits per heavy atom. The molecule has 0 aliphatic heterocycles. The molecule has 3 aromatic heterocycles. The number of nitrogens with one attached hydrogen (secondary N) is 1. The average Bonchev–Trinajstić information content (AvgIpc) is 3.32. The van der Waals surface area contributed by atoms with Crippen LogP contribution in [-0.2, 0) is 11.3 Å². The molecule has 0 aliphatic carbocycles. The first-order chi connectivity index (χ1) is 13.5. The fourth-order valence-electron chi connectivity index (χ4n) is 3.16. The monoisotopic (exact) mass is 409 g/mol. The Morgan fingerprint density at radius 3 is 2.68 bits per heavy atom. The maximum Gasteiger partial charge on any atom is 0.262 e. The van der Waals surface area contributed by atoms with Crippen molar-refractivity contribution in [2.75, 3.05) is 0 Å². The fourth-order valence-corrected chi connectivity index (χ4v) is 4.95. The molecule has 0 spiro atoms. The van der Waals surface area contributed by atoms with Gasteiger partial charge in [-0.3, -0.25) is 14.2 Å². The molecule has 3 heterocycles. The van der Waals surface area contributed by atoms with Crippen LogP contribution < -0.4 is 10.9 Å². The Labute approximate surface area is 170 Å². The standard InChI is InChI=1S/C21H19N3O2S2/c1-13-14(2)28-20-18(13)21(26)24(12-22-20)11-17(25)23-19(16-9-6-10-27-16)15-7-4-3-5-8-15/h3-10,12,19H,11H2,1-2H3,(H,23,25). The van der Waals surface area contributed by atoms with Crippen molar-refractivity contribution >= 4 is 38.8 Å². The fraction of sp³-hybridized carbons (Fsp3) is 0.190. The lowest BCUT2D eigenvalue weighted by Crippen LogP contribution is -2.35. The summed E-state index contributed by atoms with van der Waals surface area (Å²) in [5.74, 6) is -0.227. The number of hydrogen-bond donors (Lipinski definition) is 1. The molecule has 0 fully saturated rings. The summed E-state index contributed by atoms with van der Waals surface area (Å²) in [6.45, 7) is 3.83. The number of aromatic nitrogens is 2. The molecule has 0 radical (unpaired) electrons. The zero-order valence-electron chi connectivity index (χ0n) is 15.5. The minimum Gasteiger partial charge on any atom is -0.343 e. The van der Waals surface area contributed by atoms with E-state index in [0.717, 1.165) is 25.7 Å². The Morgan fingerprint density at radius 2 is 1.96 bits per heavy atom. The molecule has 1 unspecified atom stereocenters. The molecular weight excluding hydrogens is 390 g/mol. The molecular formula is C21H19N3O2S2. The zero-order chi connectivity index (χ0) is 19.7. The van der Waals surface area contributed by atoms with Gasteiger partial charge < -0.3 is 5.32 Å². The van der Waals surface area contributed by atoms with Gasteiger partial charge >= 0.3 is 0 Å². The molecule has 4 rings (SSSR count). The first-order valence-corrected chi connectivity index (χ1v) is 10.6. The van der Waals surface area contributed by atoms with Gasteiger partial charge in [-0.2, -0.15) is 0 Å². The first-order valence-electron chi connectivity index (χ1n) is 8.87. The molecule has 7 heteroatoms. The summed E-state index contributed by atoms with van der Waals surface area (Å²) in [7, 11) is 0. The third-order valence-corrected chi connectivity index (χ3v) is 6.79. The lowest BCUT2D eigenvalue weighted by Gasteiger charge is -2.18. The Hall–Kier alpha value is -2.77. The number of rotatable bonds is 5. The van der Waals surface area contributed by atoms with Crippen LogP contribution in [-0.4, -0.2) is 15.5 Å². The van der Waals surface area contributed by atoms with Crippen LogP contribution in [0.1, 0.15) is 26.9 Å². The number of carbonyl (C=O) groups excluding carboxylic acids is 1. The SMILES string of the molecule is Cc1sc2ncn(CC(=O)NC(c3ccccc3)c3cccs3)c(=O)c2c1C. The highest BCUT2D eigenvalue weighted by Crippen LogP contribution is 2.27. The normalized spacial score (nSPS) is 12.2. The largest absolute Gasteiger partial charge is 0.343 e. The maximum atomic E-state index is 12.8. The van der Waals surface area contributed by atoms with E-state index >= 15 is 0 Å². The van der Waals surface area contributed by atoms with Gasteiger partial charge in [0.15, 0.2) is 0 Å². The van der Waals surface area contributed by atoms with Gasteiger partial charge in [0.05, 0.1) is 17.8 Å². The summed E-state index contributed by atoms with van der Waals surface area (Å²) in [5, 5.41) is 5.66. The van der Waals surface area contributed by atoms with Crippen LogP contribution in [0.25, 0.3) is 10.2 Å². The van der Waals surface area contributed by atoms with Gasteiger partial charge in [0.25, 0.3) is 5.56 Å². The molecule has 1 aromatic carbocycles. The van der Waals surface area contributed by atoms with Crippen molar-refractivity contribution in [3.05, 3.63) is 85.4 Å². The third kappa shape index (κ3) is 3.50. The molecule has 5 nitrogen and oxygen atoms in total. The number of hydrogen-bond acceptors (Lipinski definition) is 5. The quantitative estimate of drug-likeness (QED) is 0.541. The van der Waals surface area contributed by atoms with Crippen LogP contribution in [0.5, 0.6) is 0 Å². The summed E-state index contributed by atoms with van der Waals surface area (Å²) in [6.07, 6.45) is 1.46. The molecule has 0 saturated heterocycles. The van der Waals surface area contributed by atoms with Crippen LogP contribution >= 0.6 is 22.7 Å². The minimum absolute atomic E-state index is 0.0647. The predicted octanol–water partition coefficient (Wildman–Crippen LogP) is 4.04. The number of fused-ring (bicyclic) bond motifs is 1. The van der Waals surface area contributed by atoms with Crippen LogP contribution in [0.15, 0.2) is 59.0 Å². The number of benzene rings is 1. The van der Waals surface area contributed by atoms with Crippen LogP contribution in [0.2, 0.25) is 0 Å². The molecule has 1 atom stereocenters. The highest BCUT2D eigenvalue weighted by Gasteiger charge is 2.19. The molecule has 1 N–H and O–H groups in total. The Bertz CT molecular complexity index is 1180. The van der Waals surface area contributed by atoms with Gasteiger partial charge in [-0.1, -0.05) is 36.4 Å². The third-order valence-electron chi connectivity index (χ3n) is 4.74. The van der Waals surface area contributed by atoms with E-state index in [1.165, 1.54) is 22.2 Å². The molecule has 0 bridgehead atoms. The molecule has 4 aromatic rings. The first kappa shape index (κ1) is 18.6. The van der Waals surface area contributed by atoms with Gasteiger partial charge in [0, 0.05) is 9.75 Å².